The number of sulfonamides is 1. The van der Waals surface area contributed by atoms with Crippen molar-refractivity contribution in [3.8, 4) is 0 Å². The molecular weight excluding hydrogens is 404 g/mol. The van der Waals surface area contributed by atoms with Gasteiger partial charge in [-0.15, -0.1) is 11.3 Å². The third-order valence-corrected chi connectivity index (χ3v) is 5.95. The van der Waals surface area contributed by atoms with Crippen LogP contribution in [0.5, 0.6) is 0 Å². The van der Waals surface area contributed by atoms with Crippen molar-refractivity contribution < 1.29 is 18.3 Å². The molecule has 0 radical (unpaired) electrons. The predicted octanol–water partition coefficient (Wildman–Crippen LogP) is 2.99. The molecule has 0 aliphatic carbocycles. The summed E-state index contributed by atoms with van der Waals surface area (Å²) in [5.74, 6) is -1.02. The molecule has 0 amide bonds. The summed E-state index contributed by atoms with van der Waals surface area (Å²) < 4.78 is 27.3. The van der Waals surface area contributed by atoms with Gasteiger partial charge in [-0.05, 0) is 34.1 Å². The summed E-state index contributed by atoms with van der Waals surface area (Å²) in [5.41, 5.74) is 0.138. The van der Waals surface area contributed by atoms with Gasteiger partial charge in [-0.2, -0.15) is 0 Å². The second kappa shape index (κ2) is 6.30. The second-order valence-electron chi connectivity index (χ2n) is 3.89. The van der Waals surface area contributed by atoms with Crippen LogP contribution in [-0.2, 0) is 21.2 Å². The van der Waals surface area contributed by atoms with Crippen LogP contribution in [0.25, 0.3) is 0 Å². The summed E-state index contributed by atoms with van der Waals surface area (Å²) in [5, 5.41) is 8.71. The molecule has 0 aromatic carbocycles. The lowest BCUT2D eigenvalue weighted by Crippen LogP contribution is -2.12. The van der Waals surface area contributed by atoms with Gasteiger partial charge in [0.1, 0.15) is 4.21 Å². The minimum Gasteiger partial charge on any atom is -0.481 e. The van der Waals surface area contributed by atoms with Crippen LogP contribution in [0.3, 0.4) is 0 Å². The number of carboxylic acid groups (broad SMARTS) is 1. The molecule has 0 aliphatic heterocycles. The van der Waals surface area contributed by atoms with Gasteiger partial charge in [-0.25, -0.2) is 13.4 Å². The van der Waals surface area contributed by atoms with Crippen molar-refractivity contribution in [2.75, 3.05) is 4.72 Å². The summed E-state index contributed by atoms with van der Waals surface area (Å²) in [6, 6.07) is 4.30. The number of carbonyl (C=O) groups is 1. The maximum atomic E-state index is 12.2. The molecule has 21 heavy (non-hydrogen) atoms. The minimum atomic E-state index is -3.84. The lowest BCUT2D eigenvalue weighted by atomic mass is 10.3. The van der Waals surface area contributed by atoms with Crippen molar-refractivity contribution >= 4 is 60.5 Å². The van der Waals surface area contributed by atoms with E-state index in [1.165, 1.54) is 24.4 Å². The molecule has 2 aromatic heterocycles. The highest BCUT2D eigenvalue weighted by Gasteiger charge is 2.19. The zero-order valence-electron chi connectivity index (χ0n) is 10.2. The lowest BCUT2D eigenvalue weighted by Gasteiger charge is -2.07. The van der Waals surface area contributed by atoms with Crippen LogP contribution >= 0.6 is 38.9 Å². The molecule has 0 fully saturated rings. The van der Waals surface area contributed by atoms with Crippen molar-refractivity contribution in [2.45, 2.75) is 10.6 Å². The summed E-state index contributed by atoms with van der Waals surface area (Å²) in [4.78, 5) is 14.9. The number of nitrogens with zero attached hydrogens (tertiary/aromatic N) is 1. The molecule has 2 aromatic rings. The molecule has 0 spiro atoms. The van der Waals surface area contributed by atoms with E-state index >= 15 is 0 Å². The number of thiophene rings is 1. The van der Waals surface area contributed by atoms with Crippen molar-refractivity contribution in [3.05, 3.63) is 38.9 Å². The van der Waals surface area contributed by atoms with Crippen LogP contribution in [0.1, 0.15) is 4.88 Å². The van der Waals surface area contributed by atoms with Gasteiger partial charge in [0.15, 0.2) is 5.15 Å². The molecule has 2 N–H and O–H groups in total. The number of hydrogen-bond donors (Lipinski definition) is 2. The minimum absolute atomic E-state index is 0.00907. The largest absolute Gasteiger partial charge is 0.481 e. The molecule has 0 bridgehead atoms. The molecule has 0 aliphatic rings. The van der Waals surface area contributed by atoms with Crippen LogP contribution in [0.15, 0.2) is 33.1 Å². The van der Waals surface area contributed by atoms with E-state index in [2.05, 4.69) is 25.6 Å². The molecule has 6 nitrogen and oxygen atoms in total. The predicted molar refractivity (Wildman–Crippen MR) is 83.4 cm³/mol. The topological polar surface area (TPSA) is 96.4 Å². The Morgan fingerprint density at radius 1 is 1.48 bits per heavy atom. The fraction of sp³-hybridized carbons (Fsp3) is 0.0909. The van der Waals surface area contributed by atoms with Crippen molar-refractivity contribution in [2.24, 2.45) is 0 Å². The Hall–Kier alpha value is -1.16. The number of aromatic nitrogens is 1. The number of nitrogens with one attached hydrogen (secondary N) is 1. The highest BCUT2D eigenvalue weighted by molar-refractivity contribution is 9.10. The number of hydrogen-bond acceptors (Lipinski definition) is 5. The third-order valence-electron chi connectivity index (χ3n) is 2.28. The van der Waals surface area contributed by atoms with E-state index in [0.717, 1.165) is 11.3 Å². The Morgan fingerprint density at radius 3 is 2.86 bits per heavy atom. The SMILES string of the molecule is O=C(O)Cc1ccc(S(=O)(=O)Nc2cc(Br)cnc2Cl)s1. The normalized spacial score (nSPS) is 11.3. The van der Waals surface area contributed by atoms with E-state index in [4.69, 9.17) is 16.7 Å². The fourth-order valence-electron chi connectivity index (χ4n) is 1.44. The molecule has 0 atom stereocenters. The number of rotatable bonds is 5. The van der Waals surface area contributed by atoms with Gasteiger partial charge in [-0.3, -0.25) is 9.52 Å². The molecule has 0 saturated carbocycles. The highest BCUT2D eigenvalue weighted by atomic mass is 79.9. The van der Waals surface area contributed by atoms with Crippen LogP contribution < -0.4 is 4.72 Å². The van der Waals surface area contributed by atoms with Gasteiger partial charge in [0.05, 0.1) is 12.1 Å². The molecule has 2 rings (SSSR count). The number of pyridine rings is 1. The van der Waals surface area contributed by atoms with E-state index in [0.29, 0.717) is 9.35 Å². The van der Waals surface area contributed by atoms with Crippen LogP contribution in [0.2, 0.25) is 5.15 Å². The zero-order chi connectivity index (χ0) is 15.6. The molecular formula is C11H8BrClN2O4S2. The molecule has 0 unspecified atom stereocenters. The summed E-state index contributed by atoms with van der Waals surface area (Å²) in [6.45, 7) is 0. The van der Waals surface area contributed by atoms with E-state index < -0.39 is 16.0 Å². The Bertz CT molecular complexity index is 791. The summed E-state index contributed by atoms with van der Waals surface area (Å²) in [7, 11) is -3.84. The molecule has 0 saturated heterocycles. The Kier molecular flexibility index (Phi) is 4.87. The monoisotopic (exact) mass is 410 g/mol. The summed E-state index contributed by atoms with van der Waals surface area (Å²) >= 11 is 9.89. The van der Waals surface area contributed by atoms with Crippen LogP contribution in [0, 0.1) is 0 Å². The quantitative estimate of drug-likeness (QED) is 0.737. The highest BCUT2D eigenvalue weighted by Crippen LogP contribution is 2.28. The van der Waals surface area contributed by atoms with E-state index in [-0.39, 0.29) is 21.5 Å². The second-order valence-corrected chi connectivity index (χ2v) is 8.24. The van der Waals surface area contributed by atoms with Gasteiger partial charge in [0.2, 0.25) is 0 Å². The van der Waals surface area contributed by atoms with E-state index in [1.54, 1.807) is 0 Å². The zero-order valence-corrected chi connectivity index (χ0v) is 14.2. The van der Waals surface area contributed by atoms with E-state index in [1.807, 2.05) is 0 Å². The van der Waals surface area contributed by atoms with E-state index in [9.17, 15) is 13.2 Å². The van der Waals surface area contributed by atoms with Crippen molar-refractivity contribution in [1.82, 2.24) is 4.98 Å². The first-order valence-electron chi connectivity index (χ1n) is 5.42. The van der Waals surface area contributed by atoms with Crippen LogP contribution in [-0.4, -0.2) is 24.5 Å². The standard InChI is InChI=1S/C11H8BrClN2O4S2/c12-6-3-8(11(13)14-5-6)15-21(18,19)10-2-1-7(20-10)4-9(16)17/h1-3,5,15H,4H2,(H,16,17). The van der Waals surface area contributed by atoms with Gasteiger partial charge in [0, 0.05) is 15.5 Å². The van der Waals surface area contributed by atoms with Gasteiger partial charge in [-0.1, -0.05) is 11.6 Å². The molecule has 10 heteroatoms. The Labute approximate surface area is 138 Å². The molecule has 112 valence electrons. The summed E-state index contributed by atoms with van der Waals surface area (Å²) in [6.07, 6.45) is 1.22. The number of aliphatic carboxylic acids is 1. The Morgan fingerprint density at radius 2 is 2.19 bits per heavy atom. The number of halogens is 2. The first-order valence-corrected chi connectivity index (χ1v) is 8.89. The molecule has 2 heterocycles. The Balaban J connectivity index is 2.28. The van der Waals surface area contributed by atoms with Crippen molar-refractivity contribution in [1.29, 1.82) is 0 Å². The van der Waals surface area contributed by atoms with Crippen molar-refractivity contribution in [3.63, 3.8) is 0 Å². The number of carboxylic acids is 1. The maximum absolute atomic E-state index is 12.2. The smallest absolute Gasteiger partial charge is 0.308 e. The maximum Gasteiger partial charge on any atom is 0.308 e. The van der Waals surface area contributed by atoms with Gasteiger partial charge >= 0.3 is 5.97 Å². The average molecular weight is 412 g/mol. The lowest BCUT2D eigenvalue weighted by molar-refractivity contribution is -0.136. The van der Waals surface area contributed by atoms with Crippen LogP contribution in [0.4, 0.5) is 5.69 Å². The number of anilines is 1. The fourth-order valence-corrected chi connectivity index (χ4v) is 4.38. The third kappa shape index (κ3) is 4.16. The first-order chi connectivity index (χ1) is 9.78. The van der Waals surface area contributed by atoms with Gasteiger partial charge < -0.3 is 5.11 Å². The van der Waals surface area contributed by atoms with Gasteiger partial charge in [0.25, 0.3) is 10.0 Å². The average Bonchev–Trinajstić information content (AvgIpc) is 2.82. The first kappa shape index (κ1) is 16.2.